The third-order valence-corrected chi connectivity index (χ3v) is 9.49. The standard InChI is InChI=1S/C21H23Cl2N3O8P2/c22-15-4-2-1-3-13(15)9-24-20-14-6-5-12(7-16(14)25-21(23)26-20)18-8-17(27)19(34-18)10-33-36(31,32)11-35(28,29)30/h1-7,17-19,27H,8-11H2,(H,31,32)(H,24,25,26)(H2,28,29,30)/t17-,18+,19+/m0/s1. The normalized spacial score (nSPS) is 22.0. The highest BCUT2D eigenvalue weighted by Crippen LogP contribution is 2.55. The van der Waals surface area contributed by atoms with E-state index in [1.54, 1.807) is 24.3 Å². The second-order valence-corrected chi connectivity index (χ2v) is 13.0. The highest BCUT2D eigenvalue weighted by molar-refractivity contribution is 7.70. The molecular formula is C21H23Cl2N3O8P2. The molecule has 1 aromatic heterocycles. The molecule has 0 spiro atoms. The van der Waals surface area contributed by atoms with Crippen molar-refractivity contribution in [1.82, 2.24) is 9.97 Å². The van der Waals surface area contributed by atoms with E-state index in [0.717, 1.165) is 5.56 Å². The summed E-state index contributed by atoms with van der Waals surface area (Å²) in [5, 5.41) is 14.9. The van der Waals surface area contributed by atoms with Gasteiger partial charge < -0.3 is 34.4 Å². The van der Waals surface area contributed by atoms with Gasteiger partial charge in [0.2, 0.25) is 5.28 Å². The second kappa shape index (κ2) is 11.0. The quantitative estimate of drug-likeness (QED) is 0.183. The van der Waals surface area contributed by atoms with Crippen molar-refractivity contribution in [3.8, 4) is 0 Å². The summed E-state index contributed by atoms with van der Waals surface area (Å²) in [5.74, 6) is -0.802. The number of rotatable bonds is 9. The first kappa shape index (κ1) is 27.4. The molecule has 0 bridgehead atoms. The minimum absolute atomic E-state index is 0.0312. The van der Waals surface area contributed by atoms with Gasteiger partial charge in [-0.2, -0.15) is 0 Å². The Morgan fingerprint density at radius 3 is 2.58 bits per heavy atom. The zero-order chi connectivity index (χ0) is 26.1. The van der Waals surface area contributed by atoms with Gasteiger partial charge in [-0.05, 0) is 40.9 Å². The van der Waals surface area contributed by atoms with E-state index in [1.807, 2.05) is 18.2 Å². The third-order valence-electron chi connectivity index (χ3n) is 5.50. The predicted molar refractivity (Wildman–Crippen MR) is 134 cm³/mol. The van der Waals surface area contributed by atoms with E-state index in [2.05, 4.69) is 15.3 Å². The Morgan fingerprint density at radius 1 is 1.11 bits per heavy atom. The minimum Gasteiger partial charge on any atom is -0.390 e. The average Bonchev–Trinajstić information content (AvgIpc) is 3.15. The summed E-state index contributed by atoms with van der Waals surface area (Å²) in [4.78, 5) is 36.0. The highest BCUT2D eigenvalue weighted by Gasteiger charge is 2.38. The van der Waals surface area contributed by atoms with Crippen LogP contribution in [0.5, 0.6) is 0 Å². The van der Waals surface area contributed by atoms with Gasteiger partial charge in [0.15, 0.2) is 5.90 Å². The molecule has 36 heavy (non-hydrogen) atoms. The molecule has 1 aliphatic rings. The fourth-order valence-electron chi connectivity index (χ4n) is 3.83. The number of nitrogens with one attached hydrogen (secondary N) is 1. The Morgan fingerprint density at radius 2 is 1.86 bits per heavy atom. The van der Waals surface area contributed by atoms with Crippen LogP contribution in [0, 0.1) is 0 Å². The number of nitrogens with zero attached hydrogens (tertiary/aromatic N) is 2. The Hall–Kier alpha value is -1.62. The molecule has 0 amide bonds. The number of halogens is 2. The number of benzene rings is 2. The monoisotopic (exact) mass is 577 g/mol. The summed E-state index contributed by atoms with van der Waals surface area (Å²) in [5.41, 5.74) is 2.10. The second-order valence-electron chi connectivity index (χ2n) is 8.27. The fraction of sp³-hybridized carbons (Fsp3) is 0.333. The summed E-state index contributed by atoms with van der Waals surface area (Å²) in [7, 11) is -9.32. The molecule has 2 aromatic carbocycles. The van der Waals surface area contributed by atoms with Gasteiger partial charge in [0.05, 0.1) is 24.3 Å². The zero-order valence-electron chi connectivity index (χ0n) is 18.6. The number of ether oxygens (including phenoxy) is 1. The van der Waals surface area contributed by atoms with Crippen LogP contribution in [0.15, 0.2) is 42.5 Å². The molecule has 1 aliphatic heterocycles. The fourth-order valence-corrected chi connectivity index (χ4v) is 6.78. The van der Waals surface area contributed by atoms with E-state index in [1.165, 1.54) is 0 Å². The van der Waals surface area contributed by atoms with Crippen LogP contribution in [0.3, 0.4) is 0 Å². The molecule has 1 saturated heterocycles. The molecule has 0 aliphatic carbocycles. The van der Waals surface area contributed by atoms with Crippen molar-refractivity contribution < 1.29 is 38.2 Å². The van der Waals surface area contributed by atoms with Crippen LogP contribution < -0.4 is 5.32 Å². The van der Waals surface area contributed by atoms with Gasteiger partial charge >= 0.3 is 15.2 Å². The van der Waals surface area contributed by atoms with Crippen molar-refractivity contribution in [1.29, 1.82) is 0 Å². The van der Waals surface area contributed by atoms with Crippen molar-refractivity contribution in [2.75, 3.05) is 17.8 Å². The number of anilines is 1. The van der Waals surface area contributed by atoms with Gasteiger partial charge in [0.25, 0.3) is 0 Å². The van der Waals surface area contributed by atoms with Crippen LogP contribution in [-0.4, -0.2) is 54.5 Å². The number of fused-ring (bicyclic) bond motifs is 1. The van der Waals surface area contributed by atoms with Gasteiger partial charge in [0, 0.05) is 23.4 Å². The molecule has 5 N–H and O–H groups in total. The van der Waals surface area contributed by atoms with E-state index >= 15 is 0 Å². The van der Waals surface area contributed by atoms with Crippen LogP contribution in [0.4, 0.5) is 5.82 Å². The maximum absolute atomic E-state index is 11.9. The number of hydrogen-bond acceptors (Lipinski definition) is 8. The highest BCUT2D eigenvalue weighted by atomic mass is 35.5. The Bertz CT molecular complexity index is 1360. The van der Waals surface area contributed by atoms with Crippen molar-refractivity contribution in [3.05, 3.63) is 63.9 Å². The van der Waals surface area contributed by atoms with Crippen LogP contribution in [0.2, 0.25) is 10.3 Å². The molecular weight excluding hydrogens is 555 g/mol. The van der Waals surface area contributed by atoms with Gasteiger partial charge in [0.1, 0.15) is 11.9 Å². The van der Waals surface area contributed by atoms with E-state index in [4.69, 9.17) is 42.2 Å². The van der Waals surface area contributed by atoms with E-state index in [0.29, 0.717) is 33.9 Å². The first-order chi connectivity index (χ1) is 16.9. The molecule has 4 atom stereocenters. The van der Waals surface area contributed by atoms with Crippen LogP contribution in [0.1, 0.15) is 23.7 Å². The number of aliphatic hydroxyl groups is 1. The number of hydrogen-bond donors (Lipinski definition) is 5. The summed E-state index contributed by atoms with van der Waals surface area (Å²) < 4.78 is 33.5. The van der Waals surface area contributed by atoms with Gasteiger partial charge in [-0.1, -0.05) is 35.9 Å². The lowest BCUT2D eigenvalue weighted by atomic mass is 10.0. The van der Waals surface area contributed by atoms with Crippen molar-refractivity contribution in [2.45, 2.75) is 31.3 Å². The Kier molecular flexibility index (Phi) is 8.38. The van der Waals surface area contributed by atoms with Gasteiger partial charge in [-0.15, -0.1) is 0 Å². The summed E-state index contributed by atoms with van der Waals surface area (Å²) in [6.45, 7) is -0.0939. The Labute approximate surface area is 216 Å². The lowest BCUT2D eigenvalue weighted by Crippen LogP contribution is -2.26. The van der Waals surface area contributed by atoms with Crippen LogP contribution >= 0.6 is 38.4 Å². The molecule has 4 rings (SSSR count). The minimum atomic E-state index is -4.76. The molecule has 194 valence electrons. The molecule has 11 nitrogen and oxygen atoms in total. The Balaban J connectivity index is 1.47. The lowest BCUT2D eigenvalue weighted by Gasteiger charge is -2.18. The third kappa shape index (κ3) is 7.02. The van der Waals surface area contributed by atoms with E-state index < -0.39 is 46.0 Å². The number of aromatic nitrogens is 2. The molecule has 1 fully saturated rings. The van der Waals surface area contributed by atoms with Crippen molar-refractivity contribution >= 4 is 55.1 Å². The van der Waals surface area contributed by atoms with Crippen molar-refractivity contribution in [3.63, 3.8) is 0 Å². The predicted octanol–water partition coefficient (Wildman–Crippen LogP) is 4.08. The molecule has 15 heteroatoms. The average molecular weight is 578 g/mol. The summed E-state index contributed by atoms with van der Waals surface area (Å²) >= 11 is 12.4. The maximum Gasteiger partial charge on any atom is 0.340 e. The molecule has 1 unspecified atom stereocenters. The van der Waals surface area contributed by atoms with Crippen LogP contribution in [-0.2, 0) is 24.9 Å². The largest absolute Gasteiger partial charge is 0.390 e. The molecule has 0 radical (unpaired) electrons. The van der Waals surface area contributed by atoms with Crippen molar-refractivity contribution in [2.24, 2.45) is 0 Å². The lowest BCUT2D eigenvalue weighted by molar-refractivity contribution is -0.0183. The maximum atomic E-state index is 11.9. The zero-order valence-corrected chi connectivity index (χ0v) is 21.9. The van der Waals surface area contributed by atoms with E-state index in [-0.39, 0.29) is 11.7 Å². The molecule has 3 aromatic rings. The summed E-state index contributed by atoms with van der Waals surface area (Å²) in [6.07, 6.45) is -2.40. The first-order valence-corrected chi connectivity index (χ1v) is 15.0. The number of aliphatic hydroxyl groups excluding tert-OH is 1. The summed E-state index contributed by atoms with van der Waals surface area (Å²) in [6, 6.07) is 12.7. The first-order valence-electron chi connectivity index (χ1n) is 10.7. The van der Waals surface area contributed by atoms with E-state index in [9.17, 15) is 19.1 Å². The SMILES string of the molecule is O=P(O)(O)CP(=O)(O)OC[C@H]1O[C@@H](c2ccc3c(NCc4ccccc4Cl)nc(Cl)nc3c2)C[C@@H]1O. The topological polar surface area (TPSA) is 171 Å². The van der Waals surface area contributed by atoms with Gasteiger partial charge in [-0.3, -0.25) is 9.13 Å². The van der Waals surface area contributed by atoms with Gasteiger partial charge in [-0.25, -0.2) is 9.97 Å². The van der Waals surface area contributed by atoms with Crippen LogP contribution in [0.25, 0.3) is 10.9 Å². The molecule has 2 heterocycles. The molecule has 0 saturated carbocycles. The smallest absolute Gasteiger partial charge is 0.340 e.